The smallest absolute Gasteiger partial charge is 0.195 e. The van der Waals surface area contributed by atoms with E-state index in [1.165, 1.54) is 24.2 Å². The molecule has 24 heavy (non-hydrogen) atoms. The number of benzene rings is 2. The molecule has 0 amide bonds. The summed E-state index contributed by atoms with van der Waals surface area (Å²) in [4.78, 5) is 0. The molecule has 0 aliphatic rings. The highest BCUT2D eigenvalue weighted by molar-refractivity contribution is 7.99. The van der Waals surface area contributed by atoms with Gasteiger partial charge in [-0.3, -0.25) is 4.57 Å². The van der Waals surface area contributed by atoms with Crippen molar-refractivity contribution in [2.45, 2.75) is 5.16 Å². The molecule has 0 N–H and O–H groups in total. The van der Waals surface area contributed by atoms with Gasteiger partial charge in [0.1, 0.15) is 17.9 Å². The Bertz CT molecular complexity index is 858. The van der Waals surface area contributed by atoms with Crippen molar-refractivity contribution in [2.75, 3.05) is 12.4 Å². The van der Waals surface area contributed by atoms with E-state index in [0.717, 1.165) is 0 Å². The van der Waals surface area contributed by atoms with Crippen molar-refractivity contribution in [3.8, 4) is 17.5 Å². The van der Waals surface area contributed by atoms with Crippen LogP contribution in [0.5, 0.6) is 5.75 Å². The van der Waals surface area contributed by atoms with Crippen LogP contribution in [0.2, 0.25) is 0 Å². The second kappa shape index (κ2) is 7.62. The Hall–Kier alpha value is -2.85. The van der Waals surface area contributed by atoms with Gasteiger partial charge in [-0.25, -0.2) is 4.39 Å². The van der Waals surface area contributed by atoms with E-state index in [9.17, 15) is 4.39 Å². The lowest BCUT2D eigenvalue weighted by molar-refractivity contribution is 0.344. The monoisotopic (exact) mass is 340 g/mol. The summed E-state index contributed by atoms with van der Waals surface area (Å²) in [5.41, 5.74) is 1.01. The number of ether oxygens (including phenoxy) is 1. The molecule has 5 nitrogen and oxygen atoms in total. The summed E-state index contributed by atoms with van der Waals surface area (Å²) >= 11 is 1.43. The third-order valence-corrected chi connectivity index (χ3v) is 4.10. The maximum Gasteiger partial charge on any atom is 0.195 e. The molecule has 0 radical (unpaired) electrons. The highest BCUT2D eigenvalue weighted by Crippen LogP contribution is 2.21. The van der Waals surface area contributed by atoms with Gasteiger partial charge in [0.25, 0.3) is 0 Å². The number of para-hydroxylation sites is 1. The predicted octanol–water partition coefficient (Wildman–Crippen LogP) is 3.45. The van der Waals surface area contributed by atoms with Crippen LogP contribution in [0.25, 0.3) is 5.69 Å². The summed E-state index contributed by atoms with van der Waals surface area (Å²) in [6.07, 6.45) is 1.49. The fourth-order valence-corrected chi connectivity index (χ4v) is 2.79. The Kier molecular flexibility index (Phi) is 5.08. The fourth-order valence-electron chi connectivity index (χ4n) is 2.05. The molecule has 0 atom stereocenters. The first-order valence-electron chi connectivity index (χ1n) is 7.18. The lowest BCUT2D eigenvalue weighted by Crippen LogP contribution is -2.03. The average Bonchev–Trinajstić information content (AvgIpc) is 3.08. The first kappa shape index (κ1) is 16.0. The summed E-state index contributed by atoms with van der Waals surface area (Å²) in [5.74, 6) is 1.01. The van der Waals surface area contributed by atoms with E-state index in [1.54, 1.807) is 47.0 Å². The summed E-state index contributed by atoms with van der Waals surface area (Å²) < 4.78 is 21.1. The number of nitriles is 1. The van der Waals surface area contributed by atoms with Gasteiger partial charge in [0.2, 0.25) is 0 Å². The van der Waals surface area contributed by atoms with Gasteiger partial charge in [0.05, 0.1) is 23.9 Å². The summed E-state index contributed by atoms with van der Waals surface area (Å²) in [6, 6.07) is 15.5. The number of aromatic nitrogens is 3. The molecule has 120 valence electrons. The van der Waals surface area contributed by atoms with Crippen molar-refractivity contribution in [3.63, 3.8) is 0 Å². The van der Waals surface area contributed by atoms with Crippen LogP contribution >= 0.6 is 11.8 Å². The molecule has 0 unspecified atom stereocenters. The molecule has 0 bridgehead atoms. The molecule has 0 saturated heterocycles. The van der Waals surface area contributed by atoms with E-state index >= 15 is 0 Å². The quantitative estimate of drug-likeness (QED) is 0.508. The molecule has 7 heteroatoms. The standard InChI is InChI=1S/C17H13FN4OS/c18-15-3-1-2-4-16(15)22-12-20-21-17(22)24-10-9-23-14-7-5-13(11-19)6-8-14/h1-8,12H,9-10H2. The zero-order valence-electron chi connectivity index (χ0n) is 12.6. The number of rotatable bonds is 6. The fraction of sp³-hybridized carbons (Fsp3) is 0.118. The van der Waals surface area contributed by atoms with Crippen molar-refractivity contribution in [2.24, 2.45) is 0 Å². The van der Waals surface area contributed by atoms with Gasteiger partial charge in [0.15, 0.2) is 5.16 Å². The van der Waals surface area contributed by atoms with Crippen molar-refractivity contribution < 1.29 is 9.13 Å². The molecule has 2 aromatic carbocycles. The minimum atomic E-state index is -0.326. The highest BCUT2D eigenvalue weighted by atomic mass is 32.2. The maximum absolute atomic E-state index is 13.9. The molecule has 3 aromatic rings. The van der Waals surface area contributed by atoms with Crippen LogP contribution in [0.15, 0.2) is 60.0 Å². The zero-order valence-corrected chi connectivity index (χ0v) is 13.4. The third kappa shape index (κ3) is 3.73. The van der Waals surface area contributed by atoms with Crippen LogP contribution in [0, 0.1) is 17.1 Å². The molecule has 0 fully saturated rings. The van der Waals surface area contributed by atoms with Crippen LogP contribution in [-0.4, -0.2) is 27.1 Å². The zero-order chi connectivity index (χ0) is 16.8. The average molecular weight is 340 g/mol. The molecule has 3 rings (SSSR count). The van der Waals surface area contributed by atoms with E-state index in [4.69, 9.17) is 10.00 Å². The number of thioether (sulfide) groups is 1. The first-order chi connectivity index (χ1) is 11.8. The summed E-state index contributed by atoms with van der Waals surface area (Å²) in [5, 5.41) is 17.2. The van der Waals surface area contributed by atoms with Crippen molar-refractivity contribution >= 4 is 11.8 Å². The molecule has 1 heterocycles. The Labute approximate surface area is 142 Å². The number of nitrogens with zero attached hydrogens (tertiary/aromatic N) is 4. The van der Waals surface area contributed by atoms with Crippen LogP contribution in [-0.2, 0) is 0 Å². The third-order valence-electron chi connectivity index (χ3n) is 3.20. The highest BCUT2D eigenvalue weighted by Gasteiger charge is 2.10. The lowest BCUT2D eigenvalue weighted by Gasteiger charge is -2.08. The van der Waals surface area contributed by atoms with Gasteiger partial charge >= 0.3 is 0 Å². The van der Waals surface area contributed by atoms with Crippen LogP contribution in [0.1, 0.15) is 5.56 Å². The Morgan fingerprint density at radius 2 is 1.96 bits per heavy atom. The normalized spacial score (nSPS) is 10.3. The van der Waals surface area contributed by atoms with E-state index in [1.807, 2.05) is 0 Å². The summed E-state index contributed by atoms with van der Waals surface area (Å²) in [7, 11) is 0. The van der Waals surface area contributed by atoms with Crippen molar-refractivity contribution in [1.29, 1.82) is 5.26 Å². The minimum absolute atomic E-state index is 0.326. The van der Waals surface area contributed by atoms with E-state index in [0.29, 0.717) is 34.5 Å². The van der Waals surface area contributed by atoms with Crippen LogP contribution in [0.3, 0.4) is 0 Å². The predicted molar refractivity (Wildman–Crippen MR) is 88.7 cm³/mol. The molecule has 0 spiro atoms. The number of halogens is 1. The molecule has 1 aromatic heterocycles. The first-order valence-corrected chi connectivity index (χ1v) is 8.17. The van der Waals surface area contributed by atoms with E-state index < -0.39 is 0 Å². The topological polar surface area (TPSA) is 63.7 Å². The van der Waals surface area contributed by atoms with Crippen molar-refractivity contribution in [1.82, 2.24) is 14.8 Å². The minimum Gasteiger partial charge on any atom is -0.493 e. The van der Waals surface area contributed by atoms with Gasteiger partial charge in [0, 0.05) is 5.75 Å². The van der Waals surface area contributed by atoms with E-state index in [2.05, 4.69) is 16.3 Å². The number of hydrogen-bond acceptors (Lipinski definition) is 5. The van der Waals surface area contributed by atoms with Gasteiger partial charge in [-0.15, -0.1) is 10.2 Å². The van der Waals surface area contributed by atoms with Gasteiger partial charge in [-0.05, 0) is 36.4 Å². The SMILES string of the molecule is N#Cc1ccc(OCCSc2nncn2-c2ccccc2F)cc1. The second-order valence-corrected chi connectivity index (χ2v) is 5.83. The molecular formula is C17H13FN4OS. The maximum atomic E-state index is 13.9. The van der Waals surface area contributed by atoms with Crippen molar-refractivity contribution in [3.05, 3.63) is 66.2 Å². The molecule has 0 aliphatic heterocycles. The largest absolute Gasteiger partial charge is 0.493 e. The van der Waals surface area contributed by atoms with Gasteiger partial charge in [-0.2, -0.15) is 5.26 Å². The summed E-state index contributed by atoms with van der Waals surface area (Å²) in [6.45, 7) is 0.459. The lowest BCUT2D eigenvalue weighted by atomic mass is 10.2. The Balaban J connectivity index is 1.57. The van der Waals surface area contributed by atoms with Crippen LogP contribution < -0.4 is 4.74 Å². The molecule has 0 aliphatic carbocycles. The Morgan fingerprint density at radius 1 is 1.17 bits per heavy atom. The van der Waals surface area contributed by atoms with Crippen LogP contribution in [0.4, 0.5) is 4.39 Å². The molecule has 0 saturated carbocycles. The van der Waals surface area contributed by atoms with E-state index in [-0.39, 0.29) is 5.82 Å². The van der Waals surface area contributed by atoms with Gasteiger partial charge < -0.3 is 4.74 Å². The van der Waals surface area contributed by atoms with Gasteiger partial charge in [-0.1, -0.05) is 23.9 Å². The second-order valence-electron chi connectivity index (χ2n) is 4.77. The Morgan fingerprint density at radius 3 is 2.71 bits per heavy atom. The number of hydrogen-bond donors (Lipinski definition) is 0. The molecular weight excluding hydrogens is 327 g/mol.